The Balaban J connectivity index is 1.73. The van der Waals surface area contributed by atoms with Gasteiger partial charge < -0.3 is 9.84 Å². The van der Waals surface area contributed by atoms with Crippen LogP contribution in [0.15, 0.2) is 56.6 Å². The summed E-state index contributed by atoms with van der Waals surface area (Å²) >= 11 is 6.68. The summed E-state index contributed by atoms with van der Waals surface area (Å²) in [6.07, 6.45) is 2.74. The van der Waals surface area contributed by atoms with Gasteiger partial charge in [0.2, 0.25) is 0 Å². The lowest BCUT2D eigenvalue weighted by Crippen LogP contribution is -2.19. The molecule has 0 radical (unpaired) electrons. The van der Waals surface area contributed by atoms with Gasteiger partial charge in [0, 0.05) is 22.3 Å². The lowest BCUT2D eigenvalue weighted by molar-refractivity contribution is -0.385. The number of non-ortho nitro benzene ring substituents is 1. The number of aromatic hydroxyl groups is 1. The quantitative estimate of drug-likeness (QED) is 0.260. The highest BCUT2D eigenvalue weighted by molar-refractivity contribution is 9.10. The zero-order valence-corrected chi connectivity index (χ0v) is 19.1. The summed E-state index contributed by atoms with van der Waals surface area (Å²) < 4.78 is 7.95. The van der Waals surface area contributed by atoms with Crippen molar-refractivity contribution in [3.8, 4) is 11.5 Å². The number of phenols is 1. The third-order valence-electron chi connectivity index (χ3n) is 4.08. The molecule has 0 unspecified atom stereocenters. The molecular formula is C19H15Br2N5O5. The van der Waals surface area contributed by atoms with Gasteiger partial charge in [-0.05, 0) is 33.6 Å². The van der Waals surface area contributed by atoms with E-state index in [4.69, 9.17) is 4.74 Å². The van der Waals surface area contributed by atoms with Crippen molar-refractivity contribution < 1.29 is 19.6 Å². The van der Waals surface area contributed by atoms with Gasteiger partial charge in [-0.1, -0.05) is 28.1 Å². The van der Waals surface area contributed by atoms with E-state index in [1.165, 1.54) is 7.11 Å². The second-order valence-corrected chi connectivity index (χ2v) is 7.96. The summed E-state index contributed by atoms with van der Waals surface area (Å²) in [5.74, 6) is -1.03. The number of hydrogen-bond donors (Lipinski definition) is 2. The number of nitrogens with zero attached hydrogens (tertiary/aromatic N) is 4. The van der Waals surface area contributed by atoms with Gasteiger partial charge in [0.05, 0.1) is 35.3 Å². The number of amides is 1. The van der Waals surface area contributed by atoms with Crippen molar-refractivity contribution in [1.29, 1.82) is 0 Å². The topological polar surface area (TPSA) is 132 Å². The fourth-order valence-electron chi connectivity index (χ4n) is 2.60. The highest BCUT2D eigenvalue weighted by atomic mass is 79.9. The Kier molecular flexibility index (Phi) is 7.02. The van der Waals surface area contributed by atoms with E-state index >= 15 is 0 Å². The third kappa shape index (κ3) is 5.47. The summed E-state index contributed by atoms with van der Waals surface area (Å²) in [5.41, 5.74) is 3.10. The maximum absolute atomic E-state index is 12.4. The summed E-state index contributed by atoms with van der Waals surface area (Å²) in [7, 11) is 1.27. The molecule has 31 heavy (non-hydrogen) atoms. The van der Waals surface area contributed by atoms with Gasteiger partial charge in [0.25, 0.3) is 11.6 Å². The first-order chi connectivity index (χ1) is 14.8. The Bertz CT molecular complexity index is 1160. The van der Waals surface area contributed by atoms with Crippen LogP contribution in [0.2, 0.25) is 0 Å². The van der Waals surface area contributed by atoms with E-state index in [1.807, 2.05) is 24.3 Å². The van der Waals surface area contributed by atoms with Gasteiger partial charge in [-0.15, -0.1) is 0 Å². The molecule has 3 rings (SSSR count). The fraction of sp³-hybridized carbons (Fsp3) is 0.105. The number of carbonyl (C=O) groups excluding carboxylic acids is 1. The number of carbonyl (C=O) groups is 1. The molecule has 2 N–H and O–H groups in total. The van der Waals surface area contributed by atoms with Crippen LogP contribution in [0.3, 0.4) is 0 Å². The van der Waals surface area contributed by atoms with Crippen LogP contribution in [0.1, 0.15) is 21.6 Å². The van der Waals surface area contributed by atoms with Crippen LogP contribution in [0.25, 0.3) is 0 Å². The highest BCUT2D eigenvalue weighted by Gasteiger charge is 2.17. The zero-order valence-electron chi connectivity index (χ0n) is 16.0. The molecule has 0 saturated heterocycles. The molecule has 0 saturated carbocycles. The van der Waals surface area contributed by atoms with Gasteiger partial charge >= 0.3 is 0 Å². The van der Waals surface area contributed by atoms with Crippen LogP contribution in [0, 0.1) is 10.1 Å². The summed E-state index contributed by atoms with van der Waals surface area (Å²) in [5, 5.41) is 29.1. The fourth-order valence-corrected chi connectivity index (χ4v) is 3.36. The van der Waals surface area contributed by atoms with E-state index in [0.29, 0.717) is 11.0 Å². The molecule has 160 valence electrons. The summed E-state index contributed by atoms with van der Waals surface area (Å²) in [6, 6.07) is 9.88. The van der Waals surface area contributed by atoms with Gasteiger partial charge in [-0.25, -0.2) is 5.43 Å². The molecule has 0 aliphatic heterocycles. The van der Waals surface area contributed by atoms with Crippen molar-refractivity contribution in [1.82, 2.24) is 15.2 Å². The molecule has 1 aromatic heterocycles. The Hall–Kier alpha value is -3.25. The lowest BCUT2D eigenvalue weighted by Gasteiger charge is -2.05. The minimum atomic E-state index is -0.632. The molecule has 0 atom stereocenters. The standard InChI is InChI=1S/C19H15Br2N5O5/c1-31-16-7-14(26(29)30)6-12(18(16)27)8-22-23-19(28)17-15(21)10-25(24-17)9-11-2-4-13(20)5-3-11/h2-8,10,27H,9H2,1H3,(H,23,28)/b22-8+. The minimum absolute atomic E-state index is 0.00573. The number of benzene rings is 2. The molecule has 2 aromatic carbocycles. The van der Waals surface area contributed by atoms with Crippen LogP contribution in [-0.2, 0) is 6.54 Å². The number of methoxy groups -OCH3 is 1. The van der Waals surface area contributed by atoms with Crippen molar-refractivity contribution in [2.24, 2.45) is 5.10 Å². The van der Waals surface area contributed by atoms with Crippen LogP contribution in [0.4, 0.5) is 5.69 Å². The number of nitro benzene ring substituents is 1. The average Bonchev–Trinajstić information content (AvgIpc) is 3.10. The van der Waals surface area contributed by atoms with Crippen molar-refractivity contribution in [3.63, 3.8) is 0 Å². The Morgan fingerprint density at radius 3 is 2.71 bits per heavy atom. The van der Waals surface area contributed by atoms with E-state index in [-0.39, 0.29) is 28.4 Å². The number of nitro groups is 1. The second-order valence-electron chi connectivity index (χ2n) is 6.19. The molecule has 1 heterocycles. The predicted molar refractivity (Wildman–Crippen MR) is 120 cm³/mol. The van der Waals surface area contributed by atoms with Crippen molar-refractivity contribution in [2.45, 2.75) is 6.54 Å². The molecule has 10 nitrogen and oxygen atoms in total. The number of rotatable bonds is 7. The van der Waals surface area contributed by atoms with E-state index in [0.717, 1.165) is 28.4 Å². The molecule has 1 amide bonds. The van der Waals surface area contributed by atoms with Crippen LogP contribution < -0.4 is 10.2 Å². The molecule has 12 heteroatoms. The number of hydrazone groups is 1. The number of ether oxygens (including phenoxy) is 1. The largest absolute Gasteiger partial charge is 0.504 e. The maximum Gasteiger partial charge on any atom is 0.293 e. The smallest absolute Gasteiger partial charge is 0.293 e. The molecular weight excluding hydrogens is 538 g/mol. The van der Waals surface area contributed by atoms with Gasteiger partial charge in [0.15, 0.2) is 17.2 Å². The lowest BCUT2D eigenvalue weighted by atomic mass is 10.2. The first-order valence-electron chi connectivity index (χ1n) is 8.64. The van der Waals surface area contributed by atoms with E-state index in [2.05, 4.69) is 47.5 Å². The van der Waals surface area contributed by atoms with Crippen LogP contribution in [-0.4, -0.2) is 39.0 Å². The highest BCUT2D eigenvalue weighted by Crippen LogP contribution is 2.33. The Labute approximate surface area is 192 Å². The molecule has 0 fully saturated rings. The number of aromatic nitrogens is 2. The first kappa shape index (κ1) is 22.4. The molecule has 0 aliphatic carbocycles. The summed E-state index contributed by atoms with van der Waals surface area (Å²) in [4.78, 5) is 22.8. The van der Waals surface area contributed by atoms with Crippen LogP contribution >= 0.6 is 31.9 Å². The maximum atomic E-state index is 12.4. The normalized spacial score (nSPS) is 10.9. The van der Waals surface area contributed by atoms with Crippen LogP contribution in [0.5, 0.6) is 11.5 Å². The summed E-state index contributed by atoms with van der Waals surface area (Å²) in [6.45, 7) is 0.462. The van der Waals surface area contributed by atoms with E-state index < -0.39 is 10.8 Å². The minimum Gasteiger partial charge on any atom is -0.504 e. The third-order valence-corrected chi connectivity index (χ3v) is 5.19. The number of halogens is 2. The number of nitrogens with one attached hydrogen (secondary N) is 1. The SMILES string of the molecule is COc1cc([N+](=O)[O-])cc(/C=N/NC(=O)c2nn(Cc3ccc(Br)cc3)cc2Br)c1O. The molecule has 0 bridgehead atoms. The Morgan fingerprint density at radius 2 is 2.06 bits per heavy atom. The molecule has 0 aliphatic rings. The molecule has 0 spiro atoms. The number of hydrogen-bond acceptors (Lipinski definition) is 7. The predicted octanol–water partition coefficient (Wildman–Crippen LogP) is 3.84. The van der Waals surface area contributed by atoms with Gasteiger partial charge in [-0.3, -0.25) is 19.6 Å². The monoisotopic (exact) mass is 551 g/mol. The van der Waals surface area contributed by atoms with Crippen molar-refractivity contribution >= 4 is 49.7 Å². The van der Waals surface area contributed by atoms with Gasteiger partial charge in [0.1, 0.15) is 0 Å². The van der Waals surface area contributed by atoms with Crippen molar-refractivity contribution in [2.75, 3.05) is 7.11 Å². The first-order valence-corrected chi connectivity index (χ1v) is 10.2. The average molecular weight is 553 g/mol. The second kappa shape index (κ2) is 9.71. The molecule has 3 aromatic rings. The number of phenolic OH excluding ortho intramolecular Hbond substituents is 1. The van der Waals surface area contributed by atoms with Crippen molar-refractivity contribution in [3.05, 3.63) is 78.5 Å². The van der Waals surface area contributed by atoms with E-state index in [1.54, 1.807) is 10.9 Å². The van der Waals surface area contributed by atoms with E-state index in [9.17, 15) is 20.0 Å². The Morgan fingerprint density at radius 1 is 1.35 bits per heavy atom. The van der Waals surface area contributed by atoms with Gasteiger partial charge in [-0.2, -0.15) is 10.2 Å². The zero-order chi connectivity index (χ0) is 22.5.